The summed E-state index contributed by atoms with van der Waals surface area (Å²) in [7, 11) is 1.52. The number of phenolic OH excluding ortho intramolecular Hbond substituents is 2. The van der Waals surface area contributed by atoms with Gasteiger partial charge in [-0.1, -0.05) is 12.1 Å². The fourth-order valence-corrected chi connectivity index (χ4v) is 2.14. The van der Waals surface area contributed by atoms with Crippen LogP contribution in [0, 0.1) is 6.92 Å². The maximum absolute atomic E-state index is 10.9. The summed E-state index contributed by atoms with van der Waals surface area (Å²) >= 11 is 0. The number of aryl methyl sites for hydroxylation is 1. The van der Waals surface area contributed by atoms with E-state index in [1.807, 2.05) is 6.92 Å². The van der Waals surface area contributed by atoms with Crippen LogP contribution in [0.5, 0.6) is 23.0 Å². The van der Waals surface area contributed by atoms with Crippen molar-refractivity contribution in [3.8, 4) is 23.0 Å². The van der Waals surface area contributed by atoms with Gasteiger partial charge in [0.1, 0.15) is 11.5 Å². The van der Waals surface area contributed by atoms with Crippen LogP contribution in [0.3, 0.4) is 0 Å². The summed E-state index contributed by atoms with van der Waals surface area (Å²) in [5.74, 6) is 1.20. The number of rotatable bonds is 1. The van der Waals surface area contributed by atoms with E-state index in [1.165, 1.54) is 7.11 Å². The molecule has 0 aromatic heterocycles. The number of para-hydroxylation sites is 2. The van der Waals surface area contributed by atoms with Crippen LogP contribution < -0.4 is 9.47 Å². The molecule has 2 aromatic rings. The van der Waals surface area contributed by atoms with Crippen LogP contribution in [0.25, 0.3) is 0 Å². The third-order valence-corrected chi connectivity index (χ3v) is 3.22. The normalized spacial score (nSPS) is 12.5. The molecule has 0 atom stereocenters. The Morgan fingerprint density at radius 3 is 2.45 bits per heavy atom. The van der Waals surface area contributed by atoms with Gasteiger partial charge in [0.05, 0.1) is 13.5 Å². The zero-order valence-corrected chi connectivity index (χ0v) is 12.5. The maximum atomic E-state index is 10.9. The highest BCUT2D eigenvalue weighted by atomic mass is 16.5. The van der Waals surface area contributed by atoms with E-state index < -0.39 is 0 Å². The van der Waals surface area contributed by atoms with Gasteiger partial charge in [0.15, 0.2) is 11.5 Å². The van der Waals surface area contributed by atoms with Crippen molar-refractivity contribution in [2.45, 2.75) is 19.8 Å². The van der Waals surface area contributed by atoms with Crippen LogP contribution >= 0.6 is 0 Å². The van der Waals surface area contributed by atoms with Crippen molar-refractivity contribution in [1.29, 1.82) is 0 Å². The van der Waals surface area contributed by atoms with Gasteiger partial charge in [-0.3, -0.25) is 4.79 Å². The van der Waals surface area contributed by atoms with Crippen molar-refractivity contribution in [3.63, 3.8) is 0 Å². The summed E-state index contributed by atoms with van der Waals surface area (Å²) in [6.45, 7) is 1.85. The minimum atomic E-state index is -0.225. The summed E-state index contributed by atoms with van der Waals surface area (Å²) in [5.41, 5.74) is 1.64. The predicted octanol–water partition coefficient (Wildman–Crippen LogP) is 2.95. The van der Waals surface area contributed by atoms with Crippen LogP contribution in [0.2, 0.25) is 0 Å². The van der Waals surface area contributed by atoms with Crippen LogP contribution in [-0.2, 0) is 11.2 Å². The molecule has 1 aliphatic heterocycles. The molecule has 0 amide bonds. The Hall–Kier alpha value is -2.69. The summed E-state index contributed by atoms with van der Waals surface area (Å²) in [5, 5.41) is 18.5. The van der Waals surface area contributed by atoms with E-state index in [-0.39, 0.29) is 17.5 Å². The maximum Gasteiger partial charge on any atom is 0.311 e. The van der Waals surface area contributed by atoms with Crippen molar-refractivity contribution in [2.75, 3.05) is 7.11 Å². The number of ether oxygens (including phenoxy) is 2. The zero-order chi connectivity index (χ0) is 16.1. The number of methoxy groups -OCH3 is 1. The number of aromatic hydroxyl groups is 2. The fourth-order valence-electron chi connectivity index (χ4n) is 2.14. The van der Waals surface area contributed by atoms with E-state index in [9.17, 15) is 9.90 Å². The molecule has 3 rings (SSSR count). The highest BCUT2D eigenvalue weighted by molar-refractivity contribution is 5.76. The molecule has 0 radical (unpaired) electrons. The first-order valence-electron chi connectivity index (χ1n) is 6.86. The first-order chi connectivity index (χ1) is 10.5. The lowest BCUT2D eigenvalue weighted by Gasteiger charge is -2.16. The Bertz CT molecular complexity index is 679. The molecule has 0 saturated heterocycles. The first kappa shape index (κ1) is 15.7. The number of esters is 1. The lowest BCUT2D eigenvalue weighted by molar-refractivity contribution is -0.135. The lowest BCUT2D eigenvalue weighted by Crippen LogP contribution is -2.15. The molecule has 0 saturated carbocycles. The summed E-state index contributed by atoms with van der Waals surface area (Å²) in [6.07, 6.45) is 0.921. The van der Waals surface area contributed by atoms with Crippen LogP contribution in [0.4, 0.5) is 0 Å². The van der Waals surface area contributed by atoms with Gasteiger partial charge in [-0.2, -0.15) is 0 Å². The molecular formula is C17H18O5. The number of hydrogen-bond acceptors (Lipinski definition) is 5. The van der Waals surface area contributed by atoms with Crippen LogP contribution in [-0.4, -0.2) is 23.3 Å². The Morgan fingerprint density at radius 2 is 1.82 bits per heavy atom. The van der Waals surface area contributed by atoms with Gasteiger partial charge < -0.3 is 19.7 Å². The van der Waals surface area contributed by atoms with E-state index in [2.05, 4.69) is 0 Å². The molecule has 0 spiro atoms. The van der Waals surface area contributed by atoms with Gasteiger partial charge in [0, 0.05) is 5.56 Å². The quantitative estimate of drug-likeness (QED) is 0.625. The lowest BCUT2D eigenvalue weighted by atomic mass is 10.0. The highest BCUT2D eigenvalue weighted by Gasteiger charge is 2.20. The molecule has 2 N–H and O–H groups in total. The van der Waals surface area contributed by atoms with E-state index in [4.69, 9.17) is 14.6 Å². The van der Waals surface area contributed by atoms with E-state index in [0.717, 1.165) is 11.1 Å². The fraction of sp³-hybridized carbons (Fsp3) is 0.235. The van der Waals surface area contributed by atoms with Gasteiger partial charge in [-0.25, -0.2) is 0 Å². The summed E-state index contributed by atoms with van der Waals surface area (Å²) in [6, 6.07) is 10.3. The molecule has 0 fully saturated rings. The van der Waals surface area contributed by atoms with E-state index >= 15 is 0 Å². The molecule has 116 valence electrons. The first-order valence-corrected chi connectivity index (χ1v) is 6.86. The summed E-state index contributed by atoms with van der Waals surface area (Å²) in [4.78, 5) is 10.9. The third kappa shape index (κ3) is 3.69. The molecular weight excluding hydrogens is 284 g/mol. The molecule has 1 aliphatic rings. The van der Waals surface area contributed by atoms with Gasteiger partial charge in [-0.05, 0) is 43.2 Å². The molecule has 0 unspecified atom stereocenters. The second-order valence-electron chi connectivity index (χ2n) is 4.91. The second-order valence-corrected chi connectivity index (χ2v) is 4.91. The number of phenols is 2. The van der Waals surface area contributed by atoms with E-state index in [0.29, 0.717) is 24.3 Å². The molecule has 22 heavy (non-hydrogen) atoms. The Balaban J connectivity index is 0.000000172. The number of benzene rings is 2. The zero-order valence-electron chi connectivity index (χ0n) is 12.5. The van der Waals surface area contributed by atoms with Crippen molar-refractivity contribution in [3.05, 3.63) is 47.5 Å². The average molecular weight is 302 g/mol. The Labute approximate surface area is 128 Å². The van der Waals surface area contributed by atoms with Crippen molar-refractivity contribution in [2.24, 2.45) is 0 Å². The standard InChI is InChI=1S/C10H10O3.C7H8O2/c1-6-4-8(11)7-2-3-10(12)13-9(7)5-6;1-9-7-5-3-2-4-6(7)8/h4-5,11H,2-3H2,1H3;2-5,8H,1H3. The molecule has 5 heteroatoms. The highest BCUT2D eigenvalue weighted by Crippen LogP contribution is 2.33. The van der Waals surface area contributed by atoms with Crippen molar-refractivity contribution in [1.82, 2.24) is 0 Å². The van der Waals surface area contributed by atoms with Gasteiger partial charge >= 0.3 is 5.97 Å². The number of carbonyl (C=O) groups is 1. The molecule has 0 bridgehead atoms. The SMILES string of the molecule is COc1ccccc1O.Cc1cc(O)c2c(c1)OC(=O)CC2. The third-order valence-electron chi connectivity index (χ3n) is 3.22. The second kappa shape index (κ2) is 6.85. The van der Waals surface area contributed by atoms with E-state index in [1.54, 1.807) is 36.4 Å². The number of carbonyl (C=O) groups excluding carboxylic acids is 1. The van der Waals surface area contributed by atoms with Gasteiger partial charge in [0.2, 0.25) is 0 Å². The number of fused-ring (bicyclic) bond motifs is 1. The molecule has 0 aliphatic carbocycles. The molecule has 2 aromatic carbocycles. The van der Waals surface area contributed by atoms with Crippen molar-refractivity contribution < 1.29 is 24.5 Å². The topological polar surface area (TPSA) is 76.0 Å². The molecule has 5 nitrogen and oxygen atoms in total. The Morgan fingerprint density at radius 1 is 1.09 bits per heavy atom. The van der Waals surface area contributed by atoms with Crippen LogP contribution in [0.15, 0.2) is 36.4 Å². The van der Waals surface area contributed by atoms with Crippen molar-refractivity contribution >= 4 is 5.97 Å². The number of hydrogen-bond donors (Lipinski definition) is 2. The molecule has 1 heterocycles. The Kier molecular flexibility index (Phi) is 4.88. The van der Waals surface area contributed by atoms with Crippen LogP contribution in [0.1, 0.15) is 17.5 Å². The summed E-state index contributed by atoms with van der Waals surface area (Å²) < 4.78 is 9.79. The minimum absolute atomic E-state index is 0.181. The minimum Gasteiger partial charge on any atom is -0.508 e. The predicted molar refractivity (Wildman–Crippen MR) is 81.5 cm³/mol. The average Bonchev–Trinajstić information content (AvgIpc) is 2.47. The smallest absolute Gasteiger partial charge is 0.311 e. The monoisotopic (exact) mass is 302 g/mol. The van der Waals surface area contributed by atoms with Gasteiger partial charge in [0.25, 0.3) is 0 Å². The largest absolute Gasteiger partial charge is 0.508 e. The van der Waals surface area contributed by atoms with Gasteiger partial charge in [-0.15, -0.1) is 0 Å².